The summed E-state index contributed by atoms with van der Waals surface area (Å²) in [4.78, 5) is 10.7. The summed E-state index contributed by atoms with van der Waals surface area (Å²) < 4.78 is 26.7. The molecule has 0 aliphatic heterocycles. The van der Waals surface area contributed by atoms with Crippen LogP contribution in [0.15, 0.2) is 33.9 Å². The molecule has 0 radical (unpaired) electrons. The van der Waals surface area contributed by atoms with Gasteiger partial charge in [-0.15, -0.1) is 0 Å². The third-order valence-electron chi connectivity index (χ3n) is 2.33. The van der Waals surface area contributed by atoms with E-state index in [4.69, 9.17) is 28.3 Å². The Morgan fingerprint density at radius 1 is 1.25 bits per heavy atom. The van der Waals surface area contributed by atoms with Gasteiger partial charge >= 0.3 is 5.97 Å². The van der Waals surface area contributed by atoms with Crippen molar-refractivity contribution in [1.82, 2.24) is 0 Å². The van der Waals surface area contributed by atoms with E-state index in [0.29, 0.717) is 5.69 Å². The van der Waals surface area contributed by atoms with Crippen LogP contribution < -0.4 is 4.72 Å². The van der Waals surface area contributed by atoms with Crippen molar-refractivity contribution in [2.45, 2.75) is 4.90 Å². The number of sulfonamides is 1. The fraction of sp³-hybridized carbons (Fsp3) is 0. The molecule has 0 fully saturated rings. The quantitative estimate of drug-likeness (QED) is 0.881. The highest BCUT2D eigenvalue weighted by molar-refractivity contribution is 7.92. The molecule has 0 saturated heterocycles. The van der Waals surface area contributed by atoms with Gasteiger partial charge in [0.1, 0.15) is 4.90 Å². The van der Waals surface area contributed by atoms with Crippen LogP contribution >= 0.6 is 34.5 Å². The third-order valence-corrected chi connectivity index (χ3v) is 5.26. The van der Waals surface area contributed by atoms with Crippen LogP contribution in [-0.4, -0.2) is 19.5 Å². The third kappa shape index (κ3) is 2.90. The van der Waals surface area contributed by atoms with E-state index in [1.807, 2.05) is 0 Å². The van der Waals surface area contributed by atoms with E-state index in [9.17, 15) is 13.2 Å². The predicted molar refractivity (Wildman–Crippen MR) is 78.5 cm³/mol. The lowest BCUT2D eigenvalue weighted by Gasteiger charge is -2.10. The number of anilines is 1. The highest BCUT2D eigenvalue weighted by atomic mass is 35.5. The minimum atomic E-state index is -3.98. The molecule has 20 heavy (non-hydrogen) atoms. The lowest BCUT2D eigenvalue weighted by atomic mass is 10.2. The average Bonchev–Trinajstić information content (AvgIpc) is 2.79. The summed E-state index contributed by atoms with van der Waals surface area (Å²) in [6.07, 6.45) is 0. The number of carbonyl (C=O) groups is 1. The highest BCUT2D eigenvalue weighted by Crippen LogP contribution is 2.32. The molecule has 1 aromatic heterocycles. The Bertz CT molecular complexity index is 757. The molecule has 2 aromatic rings. The van der Waals surface area contributed by atoms with E-state index in [-0.39, 0.29) is 9.92 Å². The van der Waals surface area contributed by atoms with Gasteiger partial charge in [0.05, 0.1) is 21.3 Å². The number of benzene rings is 1. The Kier molecular flexibility index (Phi) is 4.24. The summed E-state index contributed by atoms with van der Waals surface area (Å²) >= 11 is 12.9. The van der Waals surface area contributed by atoms with E-state index >= 15 is 0 Å². The minimum absolute atomic E-state index is 0.128. The van der Waals surface area contributed by atoms with Crippen LogP contribution in [0.3, 0.4) is 0 Å². The van der Waals surface area contributed by atoms with E-state index in [2.05, 4.69) is 4.72 Å². The van der Waals surface area contributed by atoms with Gasteiger partial charge < -0.3 is 5.11 Å². The number of carboxylic acid groups (broad SMARTS) is 1. The monoisotopic (exact) mass is 351 g/mol. The average molecular weight is 352 g/mol. The summed E-state index contributed by atoms with van der Waals surface area (Å²) in [6.45, 7) is 0. The smallest absolute Gasteiger partial charge is 0.338 e. The Morgan fingerprint density at radius 2 is 1.95 bits per heavy atom. The Labute approximate surface area is 128 Å². The summed E-state index contributed by atoms with van der Waals surface area (Å²) in [5.74, 6) is -1.40. The summed E-state index contributed by atoms with van der Waals surface area (Å²) in [7, 11) is -3.98. The summed E-state index contributed by atoms with van der Waals surface area (Å²) in [5.41, 5.74) is -0.0700. The first kappa shape index (κ1) is 15.1. The number of aromatic carboxylic acids is 1. The molecular weight excluding hydrogens is 345 g/mol. The van der Waals surface area contributed by atoms with Gasteiger partial charge in [-0.3, -0.25) is 4.72 Å². The standard InChI is InChI=1S/C11H7Cl2NO4S2/c12-7-1-2-8(10(13)9(7)11(15)16)20(17,18)14-6-3-4-19-5-6/h1-5,14H,(H,15,16). The minimum Gasteiger partial charge on any atom is -0.478 e. The largest absolute Gasteiger partial charge is 0.478 e. The molecule has 0 aliphatic rings. The normalized spacial score (nSPS) is 11.3. The van der Waals surface area contributed by atoms with Crippen LogP contribution in [0.5, 0.6) is 0 Å². The molecule has 5 nitrogen and oxygen atoms in total. The Balaban J connectivity index is 2.53. The van der Waals surface area contributed by atoms with E-state index in [0.717, 1.165) is 6.07 Å². The van der Waals surface area contributed by atoms with Crippen molar-refractivity contribution in [1.29, 1.82) is 0 Å². The lowest BCUT2D eigenvalue weighted by Crippen LogP contribution is -2.14. The highest BCUT2D eigenvalue weighted by Gasteiger charge is 2.24. The van der Waals surface area contributed by atoms with E-state index in [1.54, 1.807) is 16.8 Å². The van der Waals surface area contributed by atoms with Crippen LogP contribution in [0.25, 0.3) is 0 Å². The van der Waals surface area contributed by atoms with Gasteiger partial charge in [0.25, 0.3) is 10.0 Å². The molecule has 0 unspecified atom stereocenters. The molecule has 0 bridgehead atoms. The van der Waals surface area contributed by atoms with Crippen molar-refractivity contribution >= 4 is 56.2 Å². The van der Waals surface area contributed by atoms with Crippen molar-refractivity contribution in [2.24, 2.45) is 0 Å². The Hall–Kier alpha value is -1.28. The second-order valence-corrected chi connectivity index (χ2v) is 6.87. The van der Waals surface area contributed by atoms with Crippen molar-refractivity contribution < 1.29 is 18.3 Å². The molecule has 106 valence electrons. The summed E-state index contributed by atoms with van der Waals surface area (Å²) in [5, 5.41) is 11.8. The van der Waals surface area contributed by atoms with Crippen molar-refractivity contribution in [2.75, 3.05) is 4.72 Å². The molecule has 1 heterocycles. The van der Waals surface area contributed by atoms with Gasteiger partial charge in [-0.05, 0) is 23.6 Å². The maximum Gasteiger partial charge on any atom is 0.338 e. The zero-order chi connectivity index (χ0) is 14.9. The van der Waals surface area contributed by atoms with Crippen molar-refractivity contribution in [3.8, 4) is 0 Å². The number of hydrogen-bond donors (Lipinski definition) is 2. The molecule has 2 N–H and O–H groups in total. The fourth-order valence-corrected chi connectivity index (χ4v) is 4.10. The molecule has 0 atom stereocenters. The second kappa shape index (κ2) is 5.61. The molecular formula is C11H7Cl2NO4S2. The molecule has 0 amide bonds. The van der Waals surface area contributed by atoms with Gasteiger partial charge in [0, 0.05) is 5.38 Å². The first-order valence-corrected chi connectivity index (χ1v) is 8.27. The number of carboxylic acids is 1. The maximum atomic E-state index is 12.2. The SMILES string of the molecule is O=C(O)c1c(Cl)ccc(S(=O)(=O)Nc2ccsc2)c1Cl. The number of halogens is 2. The van der Waals surface area contributed by atoms with Crippen LogP contribution in [0.4, 0.5) is 5.69 Å². The topological polar surface area (TPSA) is 83.5 Å². The van der Waals surface area contributed by atoms with Gasteiger partial charge in [-0.2, -0.15) is 11.3 Å². The molecule has 9 heteroatoms. The number of thiophene rings is 1. The van der Waals surface area contributed by atoms with Crippen LogP contribution in [-0.2, 0) is 10.0 Å². The fourth-order valence-electron chi connectivity index (χ4n) is 1.47. The van der Waals surface area contributed by atoms with Crippen LogP contribution in [0.2, 0.25) is 10.0 Å². The number of rotatable bonds is 4. The maximum absolute atomic E-state index is 12.2. The zero-order valence-corrected chi connectivity index (χ0v) is 12.8. The van der Waals surface area contributed by atoms with E-state index < -0.39 is 26.6 Å². The molecule has 0 saturated carbocycles. The zero-order valence-electron chi connectivity index (χ0n) is 9.63. The van der Waals surface area contributed by atoms with Crippen molar-refractivity contribution in [3.05, 3.63) is 44.6 Å². The molecule has 0 spiro atoms. The van der Waals surface area contributed by atoms with Crippen LogP contribution in [0, 0.1) is 0 Å². The Morgan fingerprint density at radius 3 is 2.50 bits per heavy atom. The van der Waals surface area contributed by atoms with Crippen molar-refractivity contribution in [3.63, 3.8) is 0 Å². The first-order valence-electron chi connectivity index (χ1n) is 5.09. The van der Waals surface area contributed by atoms with E-state index in [1.165, 1.54) is 17.4 Å². The predicted octanol–water partition coefficient (Wildman–Crippen LogP) is 3.55. The number of hydrogen-bond acceptors (Lipinski definition) is 4. The second-order valence-electron chi connectivity index (χ2n) is 3.66. The van der Waals surface area contributed by atoms with Gasteiger partial charge in [0.2, 0.25) is 0 Å². The number of nitrogens with one attached hydrogen (secondary N) is 1. The molecule has 0 aliphatic carbocycles. The van der Waals surface area contributed by atoms with Gasteiger partial charge in [-0.25, -0.2) is 13.2 Å². The summed E-state index contributed by atoms with van der Waals surface area (Å²) in [6, 6.07) is 3.91. The van der Waals surface area contributed by atoms with Gasteiger partial charge in [-0.1, -0.05) is 23.2 Å². The lowest BCUT2D eigenvalue weighted by molar-refractivity contribution is 0.0697. The van der Waals surface area contributed by atoms with Gasteiger partial charge in [0.15, 0.2) is 0 Å². The molecule has 1 aromatic carbocycles. The van der Waals surface area contributed by atoms with Crippen LogP contribution in [0.1, 0.15) is 10.4 Å². The first-order chi connectivity index (χ1) is 9.33. The molecule has 2 rings (SSSR count).